The smallest absolute Gasteiger partial charge is 0.339 e. The number of carboxylic acids is 1. The molecule has 0 fully saturated rings. The molecule has 0 heterocycles. The summed E-state index contributed by atoms with van der Waals surface area (Å²) < 4.78 is 28.9. The first-order chi connectivity index (χ1) is 9.77. The van der Waals surface area contributed by atoms with Gasteiger partial charge in [0.05, 0.1) is 4.90 Å². The van der Waals surface area contributed by atoms with Crippen LogP contribution in [0.15, 0.2) is 47.4 Å². The Bertz CT molecular complexity index is 804. The fourth-order valence-electron chi connectivity index (χ4n) is 1.60. The summed E-state index contributed by atoms with van der Waals surface area (Å²) in [5.74, 6) is -0.814. The molecule has 0 unspecified atom stereocenters. The highest BCUT2D eigenvalue weighted by Crippen LogP contribution is 2.28. The lowest BCUT2D eigenvalue weighted by molar-refractivity contribution is 0.0694. The van der Waals surface area contributed by atoms with Crippen molar-refractivity contribution < 1.29 is 23.1 Å². The molecule has 0 amide bonds. The highest BCUT2D eigenvalue weighted by molar-refractivity contribution is 14.1. The van der Waals surface area contributed by atoms with Crippen LogP contribution in [0.4, 0.5) is 0 Å². The maximum Gasteiger partial charge on any atom is 0.339 e. The largest absolute Gasteiger partial charge is 0.478 e. The molecule has 110 valence electrons. The third-order valence-corrected chi connectivity index (χ3v) is 4.12. The van der Waals surface area contributed by atoms with Gasteiger partial charge in [-0.3, -0.25) is 0 Å². The zero-order chi connectivity index (χ0) is 15.6. The summed E-state index contributed by atoms with van der Waals surface area (Å²) >= 11 is 2.09. The Morgan fingerprint density at radius 3 is 2.48 bits per heavy atom. The van der Waals surface area contributed by atoms with E-state index in [1.165, 1.54) is 12.1 Å². The molecule has 6 nitrogen and oxygen atoms in total. The number of sulfonamides is 1. The van der Waals surface area contributed by atoms with Gasteiger partial charge in [0.25, 0.3) is 0 Å². The van der Waals surface area contributed by atoms with E-state index >= 15 is 0 Å². The molecule has 21 heavy (non-hydrogen) atoms. The summed E-state index contributed by atoms with van der Waals surface area (Å²) in [4.78, 5) is 11.0. The number of carboxylic acid groups (broad SMARTS) is 1. The molecule has 2 aromatic rings. The normalized spacial score (nSPS) is 11.1. The molecular weight excluding hydrogens is 409 g/mol. The van der Waals surface area contributed by atoms with E-state index in [4.69, 9.17) is 9.88 Å². The Hall–Kier alpha value is -1.65. The van der Waals surface area contributed by atoms with Crippen LogP contribution in [0.1, 0.15) is 10.4 Å². The summed E-state index contributed by atoms with van der Waals surface area (Å²) in [6, 6.07) is 10.4. The number of nitrogens with two attached hydrogens (primary N) is 1. The van der Waals surface area contributed by atoms with Gasteiger partial charge in [0.15, 0.2) is 0 Å². The second-order valence-corrected chi connectivity index (χ2v) is 6.87. The van der Waals surface area contributed by atoms with Gasteiger partial charge >= 0.3 is 5.97 Å². The van der Waals surface area contributed by atoms with Gasteiger partial charge < -0.3 is 9.84 Å². The van der Waals surface area contributed by atoms with E-state index in [9.17, 15) is 18.3 Å². The second-order valence-electron chi connectivity index (χ2n) is 4.07. The predicted molar refractivity (Wildman–Crippen MR) is 84.0 cm³/mol. The summed E-state index contributed by atoms with van der Waals surface area (Å²) in [7, 11) is -3.98. The van der Waals surface area contributed by atoms with E-state index in [0.29, 0.717) is 5.75 Å². The van der Waals surface area contributed by atoms with Crippen LogP contribution >= 0.6 is 22.6 Å². The Morgan fingerprint density at radius 2 is 1.90 bits per heavy atom. The average Bonchev–Trinajstić information content (AvgIpc) is 2.37. The Morgan fingerprint density at radius 1 is 1.19 bits per heavy atom. The van der Waals surface area contributed by atoms with Gasteiger partial charge in [-0.25, -0.2) is 18.4 Å². The van der Waals surface area contributed by atoms with Crippen LogP contribution in [0.5, 0.6) is 11.5 Å². The minimum Gasteiger partial charge on any atom is -0.478 e. The molecule has 0 atom stereocenters. The molecule has 8 heteroatoms. The van der Waals surface area contributed by atoms with Crippen LogP contribution in [0, 0.1) is 3.57 Å². The molecule has 0 aliphatic carbocycles. The number of carbonyl (C=O) groups is 1. The fourth-order valence-corrected chi connectivity index (χ4v) is 2.65. The number of halogens is 1. The topological polar surface area (TPSA) is 107 Å². The molecule has 0 spiro atoms. The molecule has 0 saturated heterocycles. The van der Waals surface area contributed by atoms with Gasteiger partial charge in [-0.1, -0.05) is 6.07 Å². The molecular formula is C13H10INO5S. The Labute approximate surface area is 134 Å². The molecule has 0 aliphatic heterocycles. The minimum absolute atomic E-state index is 0.0388. The lowest BCUT2D eigenvalue weighted by Crippen LogP contribution is -2.13. The molecule has 0 radical (unpaired) electrons. The van der Waals surface area contributed by atoms with Crippen molar-refractivity contribution in [3.8, 4) is 11.5 Å². The second kappa shape index (κ2) is 6.00. The first-order valence-corrected chi connectivity index (χ1v) is 8.23. The third-order valence-electron chi connectivity index (χ3n) is 2.53. The zero-order valence-corrected chi connectivity index (χ0v) is 13.5. The standard InChI is InChI=1S/C13H10INO5S/c14-8-2-1-3-9(6-8)20-12-5-4-10(21(15,18)19)7-11(12)13(16)17/h1-7H,(H,16,17)(H2,15,18,19). The van der Waals surface area contributed by atoms with Crippen molar-refractivity contribution >= 4 is 38.6 Å². The summed E-state index contributed by atoms with van der Waals surface area (Å²) in [5, 5.41) is 14.2. The van der Waals surface area contributed by atoms with Crippen molar-refractivity contribution in [2.45, 2.75) is 4.90 Å². The third kappa shape index (κ3) is 3.93. The predicted octanol–water partition coefficient (Wildman–Crippen LogP) is 2.43. The molecule has 0 aliphatic rings. The van der Waals surface area contributed by atoms with Crippen molar-refractivity contribution in [3.63, 3.8) is 0 Å². The lowest BCUT2D eigenvalue weighted by atomic mass is 10.2. The minimum atomic E-state index is -3.98. The molecule has 2 rings (SSSR count). The average molecular weight is 419 g/mol. The molecule has 2 aromatic carbocycles. The van der Waals surface area contributed by atoms with Gasteiger partial charge in [0, 0.05) is 3.57 Å². The Kier molecular flexibility index (Phi) is 4.49. The lowest BCUT2D eigenvalue weighted by Gasteiger charge is -2.10. The van der Waals surface area contributed by atoms with Crippen molar-refractivity contribution in [2.24, 2.45) is 5.14 Å². The van der Waals surface area contributed by atoms with Gasteiger partial charge in [0.1, 0.15) is 17.1 Å². The van der Waals surface area contributed by atoms with E-state index in [-0.39, 0.29) is 16.2 Å². The van der Waals surface area contributed by atoms with Crippen LogP contribution < -0.4 is 9.88 Å². The van der Waals surface area contributed by atoms with Crippen LogP contribution in [0.2, 0.25) is 0 Å². The quantitative estimate of drug-likeness (QED) is 0.741. The zero-order valence-electron chi connectivity index (χ0n) is 10.5. The van der Waals surface area contributed by atoms with Crippen LogP contribution in [0.25, 0.3) is 0 Å². The number of aromatic carboxylic acids is 1. The number of primary sulfonamides is 1. The monoisotopic (exact) mass is 419 g/mol. The number of hydrogen-bond donors (Lipinski definition) is 2. The van der Waals surface area contributed by atoms with Crippen molar-refractivity contribution in [2.75, 3.05) is 0 Å². The fraction of sp³-hybridized carbons (Fsp3) is 0. The van der Waals surface area contributed by atoms with Gasteiger partial charge in [-0.05, 0) is 59.0 Å². The first kappa shape index (κ1) is 15.7. The summed E-state index contributed by atoms with van der Waals surface area (Å²) in [5.41, 5.74) is -0.277. The molecule has 3 N–H and O–H groups in total. The highest BCUT2D eigenvalue weighted by atomic mass is 127. The SMILES string of the molecule is NS(=O)(=O)c1ccc(Oc2cccc(I)c2)c(C(=O)O)c1. The van der Waals surface area contributed by atoms with E-state index < -0.39 is 16.0 Å². The van der Waals surface area contributed by atoms with Crippen LogP contribution in [-0.2, 0) is 10.0 Å². The van der Waals surface area contributed by atoms with Crippen molar-refractivity contribution in [3.05, 3.63) is 51.6 Å². The van der Waals surface area contributed by atoms with E-state index in [0.717, 1.165) is 9.64 Å². The number of ether oxygens (including phenoxy) is 1. The summed E-state index contributed by atoms with van der Waals surface area (Å²) in [6.07, 6.45) is 0. The van der Waals surface area contributed by atoms with Crippen molar-refractivity contribution in [1.82, 2.24) is 0 Å². The molecule has 0 bridgehead atoms. The van der Waals surface area contributed by atoms with Gasteiger partial charge in [-0.15, -0.1) is 0 Å². The molecule has 0 saturated carbocycles. The summed E-state index contributed by atoms with van der Waals surface area (Å²) in [6.45, 7) is 0. The van der Waals surface area contributed by atoms with E-state index in [2.05, 4.69) is 22.6 Å². The van der Waals surface area contributed by atoms with Gasteiger partial charge in [-0.2, -0.15) is 0 Å². The van der Waals surface area contributed by atoms with Crippen molar-refractivity contribution in [1.29, 1.82) is 0 Å². The van der Waals surface area contributed by atoms with Gasteiger partial charge in [0.2, 0.25) is 10.0 Å². The maximum atomic E-state index is 11.3. The van der Waals surface area contributed by atoms with E-state index in [1.54, 1.807) is 18.2 Å². The van der Waals surface area contributed by atoms with E-state index in [1.807, 2.05) is 6.07 Å². The Balaban J connectivity index is 2.47. The van der Waals surface area contributed by atoms with Crippen LogP contribution in [-0.4, -0.2) is 19.5 Å². The maximum absolute atomic E-state index is 11.3. The first-order valence-electron chi connectivity index (χ1n) is 5.61. The van der Waals surface area contributed by atoms with Crippen LogP contribution in [0.3, 0.4) is 0 Å². The highest BCUT2D eigenvalue weighted by Gasteiger charge is 2.17. The number of hydrogen-bond acceptors (Lipinski definition) is 4. The number of rotatable bonds is 4. The number of benzene rings is 2. The molecule has 0 aromatic heterocycles.